The van der Waals surface area contributed by atoms with Gasteiger partial charge in [-0.3, -0.25) is 4.79 Å². The maximum absolute atomic E-state index is 12.5. The van der Waals surface area contributed by atoms with Crippen LogP contribution in [0, 0.1) is 6.92 Å². The van der Waals surface area contributed by atoms with Gasteiger partial charge in [0, 0.05) is 29.5 Å². The number of amides is 1. The third-order valence-corrected chi connectivity index (χ3v) is 3.95. The van der Waals surface area contributed by atoms with Crippen LogP contribution in [-0.2, 0) is 4.74 Å². The van der Waals surface area contributed by atoms with Gasteiger partial charge in [0.05, 0.1) is 18.8 Å². The lowest BCUT2D eigenvalue weighted by atomic mass is 10.1. The minimum absolute atomic E-state index is 0.0623. The van der Waals surface area contributed by atoms with Crippen molar-refractivity contribution in [2.45, 2.75) is 6.92 Å². The molecule has 1 saturated heterocycles. The number of H-pyrrole nitrogens is 1. The Morgan fingerprint density at radius 3 is 2.57 bits per heavy atom. The van der Waals surface area contributed by atoms with E-state index in [1.807, 2.05) is 42.2 Å². The average molecular weight is 305 g/mol. The second-order valence-corrected chi connectivity index (χ2v) is 5.57. The minimum atomic E-state index is 0.0623. The fourth-order valence-corrected chi connectivity index (χ4v) is 2.63. The van der Waals surface area contributed by atoms with Crippen LogP contribution in [0.2, 0.25) is 5.02 Å². The molecule has 2 heterocycles. The Kier molecular flexibility index (Phi) is 3.99. The molecule has 0 saturated carbocycles. The zero-order valence-electron chi connectivity index (χ0n) is 11.9. The summed E-state index contributed by atoms with van der Waals surface area (Å²) in [7, 11) is 0. The van der Waals surface area contributed by atoms with Crippen LogP contribution in [0.1, 0.15) is 16.1 Å². The number of rotatable bonds is 2. The summed E-state index contributed by atoms with van der Waals surface area (Å²) in [6, 6.07) is 9.48. The summed E-state index contributed by atoms with van der Waals surface area (Å²) >= 11 is 5.90. The first-order valence-corrected chi connectivity index (χ1v) is 7.35. The third kappa shape index (κ3) is 2.96. The van der Waals surface area contributed by atoms with Crippen LogP contribution in [0.25, 0.3) is 11.3 Å². The molecule has 110 valence electrons. The Hall–Kier alpha value is -1.78. The van der Waals surface area contributed by atoms with E-state index in [1.165, 1.54) is 0 Å². The molecule has 4 nitrogen and oxygen atoms in total. The van der Waals surface area contributed by atoms with E-state index < -0.39 is 0 Å². The van der Waals surface area contributed by atoms with Gasteiger partial charge in [0.1, 0.15) is 0 Å². The molecule has 0 bridgehead atoms. The number of carbonyl (C=O) groups is 1. The number of hydrogen-bond acceptors (Lipinski definition) is 2. The van der Waals surface area contributed by atoms with Crippen molar-refractivity contribution in [1.82, 2.24) is 9.88 Å². The molecule has 1 N–H and O–H groups in total. The van der Waals surface area contributed by atoms with Gasteiger partial charge in [-0.05, 0) is 30.7 Å². The molecule has 1 amide bonds. The van der Waals surface area contributed by atoms with E-state index in [4.69, 9.17) is 16.3 Å². The van der Waals surface area contributed by atoms with Crippen molar-refractivity contribution in [2.24, 2.45) is 0 Å². The van der Waals surface area contributed by atoms with Gasteiger partial charge in [0.25, 0.3) is 5.91 Å². The summed E-state index contributed by atoms with van der Waals surface area (Å²) in [4.78, 5) is 17.7. The summed E-state index contributed by atoms with van der Waals surface area (Å²) in [5.74, 6) is 0.0623. The maximum Gasteiger partial charge on any atom is 0.255 e. The van der Waals surface area contributed by atoms with Crippen LogP contribution in [0.4, 0.5) is 0 Å². The van der Waals surface area contributed by atoms with Crippen LogP contribution < -0.4 is 0 Å². The molecule has 1 aliphatic heterocycles. The summed E-state index contributed by atoms with van der Waals surface area (Å²) in [6.45, 7) is 4.45. The number of nitrogens with zero attached hydrogens (tertiary/aromatic N) is 1. The molecule has 0 unspecified atom stereocenters. The zero-order chi connectivity index (χ0) is 14.8. The fourth-order valence-electron chi connectivity index (χ4n) is 2.50. The predicted molar refractivity (Wildman–Crippen MR) is 82.7 cm³/mol. The predicted octanol–water partition coefficient (Wildman–Crippen LogP) is 3.12. The minimum Gasteiger partial charge on any atom is -0.378 e. The lowest BCUT2D eigenvalue weighted by Crippen LogP contribution is -2.40. The van der Waals surface area contributed by atoms with E-state index in [1.54, 1.807) is 0 Å². The monoisotopic (exact) mass is 304 g/mol. The first-order valence-electron chi connectivity index (χ1n) is 6.98. The van der Waals surface area contributed by atoms with Gasteiger partial charge in [0.2, 0.25) is 0 Å². The number of carbonyl (C=O) groups excluding carboxylic acids is 1. The Bertz CT molecular complexity index is 643. The van der Waals surface area contributed by atoms with E-state index in [2.05, 4.69) is 4.98 Å². The average Bonchev–Trinajstić information content (AvgIpc) is 2.90. The summed E-state index contributed by atoms with van der Waals surface area (Å²) in [5.41, 5.74) is 3.56. The molecule has 0 aliphatic carbocycles. The van der Waals surface area contributed by atoms with Crippen LogP contribution in [0.15, 0.2) is 30.3 Å². The van der Waals surface area contributed by atoms with E-state index in [-0.39, 0.29) is 5.91 Å². The van der Waals surface area contributed by atoms with Crippen LogP contribution in [0.5, 0.6) is 0 Å². The van der Waals surface area contributed by atoms with Gasteiger partial charge in [-0.2, -0.15) is 0 Å². The Morgan fingerprint density at radius 2 is 1.90 bits per heavy atom. The Morgan fingerprint density at radius 1 is 1.24 bits per heavy atom. The molecular formula is C16H17ClN2O2. The van der Waals surface area contributed by atoms with Crippen molar-refractivity contribution in [2.75, 3.05) is 26.3 Å². The number of hydrogen-bond donors (Lipinski definition) is 1. The number of aromatic amines is 1. The number of nitrogens with one attached hydrogen (secondary N) is 1. The quantitative estimate of drug-likeness (QED) is 0.926. The maximum atomic E-state index is 12.5. The van der Waals surface area contributed by atoms with Crippen molar-refractivity contribution in [3.05, 3.63) is 46.6 Å². The summed E-state index contributed by atoms with van der Waals surface area (Å²) in [5, 5.41) is 0.701. The van der Waals surface area contributed by atoms with Gasteiger partial charge in [-0.25, -0.2) is 0 Å². The van der Waals surface area contributed by atoms with Gasteiger partial charge < -0.3 is 14.6 Å². The van der Waals surface area contributed by atoms with E-state index in [9.17, 15) is 4.79 Å². The van der Waals surface area contributed by atoms with Crippen molar-refractivity contribution in [3.63, 3.8) is 0 Å². The van der Waals surface area contributed by atoms with E-state index >= 15 is 0 Å². The lowest BCUT2D eigenvalue weighted by Gasteiger charge is -2.26. The molecule has 2 aromatic rings. The zero-order valence-corrected chi connectivity index (χ0v) is 12.6. The topological polar surface area (TPSA) is 45.3 Å². The highest BCUT2D eigenvalue weighted by atomic mass is 35.5. The van der Waals surface area contributed by atoms with Gasteiger partial charge in [-0.15, -0.1) is 0 Å². The van der Waals surface area contributed by atoms with Crippen molar-refractivity contribution < 1.29 is 9.53 Å². The SMILES string of the molecule is Cc1[nH]c(-c2ccc(Cl)cc2)cc1C(=O)N1CCOCC1. The molecule has 1 aromatic carbocycles. The smallest absolute Gasteiger partial charge is 0.255 e. The first-order chi connectivity index (χ1) is 10.1. The molecule has 1 fully saturated rings. The Balaban J connectivity index is 1.87. The number of halogens is 1. The highest BCUT2D eigenvalue weighted by Gasteiger charge is 2.21. The van der Waals surface area contributed by atoms with Crippen LogP contribution in [0.3, 0.4) is 0 Å². The third-order valence-electron chi connectivity index (χ3n) is 3.70. The number of morpholine rings is 1. The van der Waals surface area contributed by atoms with E-state index in [0.717, 1.165) is 22.5 Å². The lowest BCUT2D eigenvalue weighted by molar-refractivity contribution is 0.0302. The molecule has 0 spiro atoms. The first kappa shape index (κ1) is 14.2. The number of aryl methyl sites for hydroxylation is 1. The fraction of sp³-hybridized carbons (Fsp3) is 0.312. The number of aromatic nitrogens is 1. The van der Waals surface area contributed by atoms with Gasteiger partial charge in [-0.1, -0.05) is 23.7 Å². The number of ether oxygens (including phenoxy) is 1. The van der Waals surface area contributed by atoms with Crippen LogP contribution in [-0.4, -0.2) is 42.1 Å². The van der Waals surface area contributed by atoms with Crippen molar-refractivity contribution in [1.29, 1.82) is 0 Å². The second kappa shape index (κ2) is 5.92. The van der Waals surface area contributed by atoms with Crippen molar-refractivity contribution >= 4 is 17.5 Å². The molecular weight excluding hydrogens is 288 g/mol. The molecule has 5 heteroatoms. The van der Waals surface area contributed by atoms with Gasteiger partial charge >= 0.3 is 0 Å². The van der Waals surface area contributed by atoms with Gasteiger partial charge in [0.15, 0.2) is 0 Å². The Labute approximate surface area is 128 Å². The molecule has 3 rings (SSSR count). The summed E-state index contributed by atoms with van der Waals surface area (Å²) in [6.07, 6.45) is 0. The largest absolute Gasteiger partial charge is 0.378 e. The highest BCUT2D eigenvalue weighted by molar-refractivity contribution is 6.30. The standard InChI is InChI=1S/C16H17ClN2O2/c1-11-14(16(20)19-6-8-21-9-7-19)10-15(18-11)12-2-4-13(17)5-3-12/h2-5,10,18H,6-9H2,1H3. The molecule has 21 heavy (non-hydrogen) atoms. The van der Waals surface area contributed by atoms with Crippen molar-refractivity contribution in [3.8, 4) is 11.3 Å². The van der Waals surface area contributed by atoms with Crippen LogP contribution >= 0.6 is 11.6 Å². The molecule has 0 atom stereocenters. The second-order valence-electron chi connectivity index (χ2n) is 5.13. The molecule has 1 aromatic heterocycles. The van der Waals surface area contributed by atoms with E-state index in [0.29, 0.717) is 31.3 Å². The number of benzene rings is 1. The molecule has 0 radical (unpaired) electrons. The summed E-state index contributed by atoms with van der Waals surface area (Å²) < 4.78 is 5.29. The normalized spacial score (nSPS) is 15.2. The highest BCUT2D eigenvalue weighted by Crippen LogP contribution is 2.24. The molecule has 1 aliphatic rings.